The molecule has 9 nitrogen and oxygen atoms in total. The highest BCUT2D eigenvalue weighted by atomic mass is 79.9. The lowest BCUT2D eigenvalue weighted by atomic mass is 10.2. The maximum Gasteiger partial charge on any atom is 0.282 e. The summed E-state index contributed by atoms with van der Waals surface area (Å²) in [6.45, 7) is -0.469. The lowest BCUT2D eigenvalue weighted by molar-refractivity contribution is -0.118. The van der Waals surface area contributed by atoms with Gasteiger partial charge < -0.3 is 19.2 Å². The Bertz CT molecular complexity index is 2110. The minimum atomic E-state index is -0.601. The number of hydrogen-bond acceptors (Lipinski definition) is 7. The van der Waals surface area contributed by atoms with E-state index in [2.05, 4.69) is 31.3 Å². The number of carbonyl (C=O) groups excluding carboxylic acids is 1. The van der Waals surface area contributed by atoms with E-state index in [0.29, 0.717) is 32.3 Å². The molecule has 0 aliphatic heterocycles. The van der Waals surface area contributed by atoms with E-state index in [4.69, 9.17) is 25.5 Å². The summed E-state index contributed by atoms with van der Waals surface area (Å²) in [5.74, 6) is -0.341. The van der Waals surface area contributed by atoms with E-state index in [-0.39, 0.29) is 28.0 Å². The molecular weight excluding hydrogens is 655 g/mol. The second-order valence-electron chi connectivity index (χ2n) is 9.40. The maximum absolute atomic E-state index is 13.9. The average molecular weight is 676 g/mol. The molecule has 0 radical (unpaired) electrons. The Morgan fingerprint density at radius 1 is 1.11 bits per heavy atom. The van der Waals surface area contributed by atoms with Gasteiger partial charge in [-0.3, -0.25) is 9.59 Å². The van der Waals surface area contributed by atoms with Crippen LogP contribution in [0, 0.1) is 5.82 Å². The number of aromatic nitrogens is 2. The number of fused-ring (bicyclic) bond motifs is 2. The first-order valence-electron chi connectivity index (χ1n) is 13.1. The summed E-state index contributed by atoms with van der Waals surface area (Å²) in [5.41, 5.74) is 1.18. The molecule has 1 N–H and O–H groups in total. The molecule has 0 unspecified atom stereocenters. The minimum absolute atomic E-state index is 0.0207. The molecule has 0 fully saturated rings. The van der Waals surface area contributed by atoms with Gasteiger partial charge in [-0.15, -0.1) is 0 Å². The van der Waals surface area contributed by atoms with Gasteiger partial charge in [0.05, 0.1) is 29.9 Å². The predicted octanol–water partition coefficient (Wildman–Crippen LogP) is 7.27. The van der Waals surface area contributed by atoms with Crippen molar-refractivity contribution in [2.75, 3.05) is 19.0 Å². The Labute approximate surface area is 262 Å². The molecule has 0 saturated carbocycles. The van der Waals surface area contributed by atoms with Crippen molar-refractivity contribution in [3.05, 3.63) is 116 Å². The summed E-state index contributed by atoms with van der Waals surface area (Å²) in [6, 6.07) is 23.6. The van der Waals surface area contributed by atoms with Crippen molar-refractivity contribution in [3.8, 4) is 23.1 Å². The number of rotatable bonds is 8. The Morgan fingerprint density at radius 3 is 2.66 bits per heavy atom. The number of nitrogens with zero attached hydrogens (tertiary/aromatic N) is 3. The predicted molar refractivity (Wildman–Crippen MR) is 170 cm³/mol. The number of nitrogens with one attached hydrogen (secondary N) is 1. The van der Waals surface area contributed by atoms with Gasteiger partial charge in [-0.2, -0.15) is 9.78 Å². The van der Waals surface area contributed by atoms with Crippen LogP contribution in [-0.4, -0.2) is 35.5 Å². The van der Waals surface area contributed by atoms with E-state index in [1.54, 1.807) is 42.5 Å². The molecule has 0 saturated heterocycles. The minimum Gasteiger partial charge on any atom is -0.493 e. The van der Waals surface area contributed by atoms with Crippen LogP contribution in [0.5, 0.6) is 11.5 Å². The van der Waals surface area contributed by atoms with Gasteiger partial charge in [-0.1, -0.05) is 54.1 Å². The van der Waals surface area contributed by atoms with Gasteiger partial charge in [0, 0.05) is 15.4 Å². The molecule has 44 heavy (non-hydrogen) atoms. The van der Waals surface area contributed by atoms with Gasteiger partial charge in [0.15, 0.2) is 23.9 Å². The SMILES string of the molecule is COc1cc(C=Nn2c(-c3cc4ccccc4o3)nc3ccccc3c2=O)c(Br)c(Cl)c1OCC(=O)Nc1ccccc1F. The summed E-state index contributed by atoms with van der Waals surface area (Å²) >= 11 is 10.1. The number of benzene rings is 4. The molecule has 2 heterocycles. The Hall–Kier alpha value is -5.00. The number of hydrogen-bond donors (Lipinski definition) is 1. The van der Waals surface area contributed by atoms with E-state index in [1.807, 2.05) is 24.3 Å². The fourth-order valence-electron chi connectivity index (χ4n) is 4.47. The summed E-state index contributed by atoms with van der Waals surface area (Å²) in [5, 5.41) is 8.23. The highest BCUT2D eigenvalue weighted by Crippen LogP contribution is 2.42. The smallest absolute Gasteiger partial charge is 0.282 e. The van der Waals surface area contributed by atoms with Crippen LogP contribution in [0.25, 0.3) is 33.5 Å². The Kier molecular flexibility index (Phi) is 8.14. The Balaban J connectivity index is 1.35. The number of furan rings is 1. The van der Waals surface area contributed by atoms with E-state index in [9.17, 15) is 14.0 Å². The van der Waals surface area contributed by atoms with Gasteiger partial charge >= 0.3 is 0 Å². The van der Waals surface area contributed by atoms with Crippen molar-refractivity contribution < 1.29 is 23.1 Å². The molecule has 4 aromatic carbocycles. The molecule has 2 aromatic heterocycles. The first-order valence-corrected chi connectivity index (χ1v) is 14.3. The van der Waals surface area contributed by atoms with Crippen LogP contribution < -0.4 is 20.3 Å². The van der Waals surface area contributed by atoms with E-state index < -0.39 is 23.9 Å². The number of amides is 1. The normalized spacial score (nSPS) is 11.4. The van der Waals surface area contributed by atoms with Crippen LogP contribution in [0.3, 0.4) is 0 Å². The maximum atomic E-state index is 13.9. The summed E-state index contributed by atoms with van der Waals surface area (Å²) in [4.78, 5) is 30.7. The van der Waals surface area contributed by atoms with Gasteiger partial charge in [-0.25, -0.2) is 9.37 Å². The van der Waals surface area contributed by atoms with Crippen LogP contribution in [0.1, 0.15) is 5.56 Å². The summed E-state index contributed by atoms with van der Waals surface area (Å²) in [6.07, 6.45) is 1.41. The van der Waals surface area contributed by atoms with Crippen LogP contribution in [0.15, 0.2) is 104 Å². The lowest BCUT2D eigenvalue weighted by Gasteiger charge is -2.15. The molecule has 1 amide bonds. The number of halogens is 3. The first-order chi connectivity index (χ1) is 21.3. The van der Waals surface area contributed by atoms with Crippen LogP contribution in [0.2, 0.25) is 5.02 Å². The molecule has 0 aliphatic carbocycles. The molecule has 0 spiro atoms. The third-order valence-electron chi connectivity index (χ3n) is 6.58. The summed E-state index contributed by atoms with van der Waals surface area (Å²) in [7, 11) is 1.41. The molecule has 12 heteroatoms. The molecule has 0 bridgehead atoms. The highest BCUT2D eigenvalue weighted by Gasteiger charge is 2.20. The fourth-order valence-corrected chi connectivity index (χ4v) is 5.13. The standard InChI is InChI=1S/C32H21BrClFN4O5/c1-42-25-15-19(28(33)29(34)30(25)43-17-27(40)37-23-12-6-4-10-21(23)35)16-36-39-31(26-14-18-8-2-7-13-24(18)44-26)38-22-11-5-3-9-20(22)32(39)41/h2-16H,17H2,1H3,(H,37,40). The highest BCUT2D eigenvalue weighted by molar-refractivity contribution is 9.10. The van der Waals surface area contributed by atoms with Gasteiger partial charge in [0.25, 0.3) is 11.5 Å². The quantitative estimate of drug-likeness (QED) is 0.170. The molecule has 6 rings (SSSR count). The second-order valence-corrected chi connectivity index (χ2v) is 10.6. The number of anilines is 1. The van der Waals surface area contributed by atoms with Crippen LogP contribution in [0.4, 0.5) is 10.1 Å². The van der Waals surface area contributed by atoms with Crippen LogP contribution in [-0.2, 0) is 4.79 Å². The van der Waals surface area contributed by atoms with Crippen molar-refractivity contribution in [1.82, 2.24) is 9.66 Å². The third-order valence-corrected chi connectivity index (χ3v) is 8.03. The number of para-hydroxylation sites is 3. The van der Waals surface area contributed by atoms with Gasteiger partial charge in [0.2, 0.25) is 5.82 Å². The van der Waals surface area contributed by atoms with Crippen molar-refractivity contribution >= 4 is 67.2 Å². The van der Waals surface area contributed by atoms with Crippen LogP contribution >= 0.6 is 27.5 Å². The molecule has 0 atom stereocenters. The van der Waals surface area contributed by atoms with Gasteiger partial charge in [-0.05, 0) is 58.4 Å². The van der Waals surface area contributed by atoms with Crippen molar-refractivity contribution in [1.29, 1.82) is 0 Å². The van der Waals surface area contributed by atoms with Crippen molar-refractivity contribution in [2.24, 2.45) is 5.10 Å². The van der Waals surface area contributed by atoms with Crippen molar-refractivity contribution in [3.63, 3.8) is 0 Å². The molecule has 0 aliphatic rings. The summed E-state index contributed by atoms with van der Waals surface area (Å²) < 4.78 is 32.6. The topological polar surface area (TPSA) is 108 Å². The molecular formula is C32H21BrClFN4O5. The van der Waals surface area contributed by atoms with E-state index >= 15 is 0 Å². The Morgan fingerprint density at radius 2 is 1.86 bits per heavy atom. The van der Waals surface area contributed by atoms with E-state index in [0.717, 1.165) is 10.1 Å². The first kappa shape index (κ1) is 29.1. The second kappa shape index (κ2) is 12.3. The number of methoxy groups -OCH3 is 1. The zero-order chi connectivity index (χ0) is 30.8. The zero-order valence-corrected chi connectivity index (χ0v) is 25.2. The van der Waals surface area contributed by atoms with Crippen molar-refractivity contribution in [2.45, 2.75) is 0 Å². The fraction of sp³-hybridized carbons (Fsp3) is 0.0625. The molecule has 6 aromatic rings. The monoisotopic (exact) mass is 674 g/mol. The van der Waals surface area contributed by atoms with Gasteiger partial charge in [0.1, 0.15) is 16.4 Å². The zero-order valence-electron chi connectivity index (χ0n) is 22.9. The lowest BCUT2D eigenvalue weighted by Crippen LogP contribution is -2.21. The third kappa shape index (κ3) is 5.67. The molecule has 220 valence electrons. The number of ether oxygens (including phenoxy) is 2. The largest absolute Gasteiger partial charge is 0.493 e. The average Bonchev–Trinajstić information content (AvgIpc) is 3.47. The number of carbonyl (C=O) groups is 1. The van der Waals surface area contributed by atoms with E-state index in [1.165, 1.54) is 31.5 Å².